The number of fused-ring (bicyclic) bond motifs is 1. The molecule has 1 aliphatic carbocycles. The van der Waals surface area contributed by atoms with E-state index in [-0.39, 0.29) is 6.10 Å². The van der Waals surface area contributed by atoms with Gasteiger partial charge in [0.1, 0.15) is 0 Å². The van der Waals surface area contributed by atoms with Crippen LogP contribution in [0.15, 0.2) is 0 Å². The maximum absolute atomic E-state index is 10.2. The summed E-state index contributed by atoms with van der Waals surface area (Å²) in [5.41, 5.74) is 0. The summed E-state index contributed by atoms with van der Waals surface area (Å²) in [6.45, 7) is 1.05. The van der Waals surface area contributed by atoms with Crippen molar-refractivity contribution in [2.24, 2.45) is 5.92 Å². The van der Waals surface area contributed by atoms with Crippen LogP contribution in [0.2, 0.25) is 0 Å². The van der Waals surface area contributed by atoms with Crippen LogP contribution in [-0.2, 0) is 0 Å². The van der Waals surface area contributed by atoms with Crippen molar-refractivity contribution in [1.29, 1.82) is 0 Å². The van der Waals surface area contributed by atoms with E-state index in [9.17, 15) is 5.11 Å². The van der Waals surface area contributed by atoms with E-state index in [0.29, 0.717) is 12.0 Å². The highest BCUT2D eigenvalue weighted by Crippen LogP contribution is 2.34. The van der Waals surface area contributed by atoms with Crippen LogP contribution in [0, 0.1) is 5.92 Å². The Morgan fingerprint density at radius 3 is 2.25 bits per heavy atom. The second-order valence-corrected chi connectivity index (χ2v) is 6.19. The van der Waals surface area contributed by atoms with Gasteiger partial charge in [0.05, 0.1) is 6.10 Å². The molecule has 2 nitrogen and oxygen atoms in total. The van der Waals surface area contributed by atoms with Gasteiger partial charge in [-0.05, 0) is 19.3 Å². The lowest BCUT2D eigenvalue weighted by molar-refractivity contribution is 0.0106. The average molecular weight is 243 g/mol. The van der Waals surface area contributed by atoms with Crippen molar-refractivity contribution in [3.63, 3.8) is 0 Å². The highest BCUT2D eigenvalue weighted by Gasteiger charge is 2.34. The number of aliphatic hydroxyl groups excluding tert-OH is 1. The largest absolute Gasteiger partial charge is 0.393 e. The highest BCUT2D eigenvalue weighted by molar-refractivity contribution is 7.13. The molecule has 1 saturated carbocycles. The van der Waals surface area contributed by atoms with Crippen molar-refractivity contribution in [2.45, 2.75) is 69.9 Å². The molecule has 94 valence electrons. The normalized spacial score (nSPS) is 39.0. The van der Waals surface area contributed by atoms with Crippen molar-refractivity contribution in [1.82, 2.24) is 4.67 Å². The lowest BCUT2D eigenvalue weighted by Crippen LogP contribution is -2.46. The van der Waals surface area contributed by atoms with Gasteiger partial charge in [-0.2, -0.15) is 0 Å². The van der Waals surface area contributed by atoms with Gasteiger partial charge in [-0.25, -0.2) is 0 Å². The monoisotopic (exact) mass is 243 g/mol. The van der Waals surface area contributed by atoms with Gasteiger partial charge in [0.15, 0.2) is 0 Å². The van der Waals surface area contributed by atoms with Crippen LogP contribution in [0.5, 0.6) is 0 Å². The predicted molar refractivity (Wildman–Crippen MR) is 71.3 cm³/mol. The van der Waals surface area contributed by atoms with E-state index in [2.05, 4.69) is 14.1 Å². The molecule has 0 aromatic heterocycles. The third kappa shape index (κ3) is 3.18. The SMILES string of the molecule is OC1CCN(P)C2CCCCCCCCC12. The molecule has 0 amide bonds. The van der Waals surface area contributed by atoms with Crippen LogP contribution < -0.4 is 0 Å². The molecule has 1 heterocycles. The molecule has 1 saturated heterocycles. The Bertz CT molecular complexity index is 190. The zero-order chi connectivity index (χ0) is 11.4. The molecule has 0 bridgehead atoms. The zero-order valence-electron chi connectivity index (χ0n) is 10.3. The summed E-state index contributed by atoms with van der Waals surface area (Å²) in [5, 5.41) is 10.2. The van der Waals surface area contributed by atoms with Crippen LogP contribution in [0.25, 0.3) is 0 Å². The second-order valence-electron chi connectivity index (χ2n) is 5.52. The first-order chi connectivity index (χ1) is 7.79. The molecule has 1 aliphatic heterocycles. The van der Waals surface area contributed by atoms with Gasteiger partial charge in [0, 0.05) is 18.5 Å². The van der Waals surface area contributed by atoms with Gasteiger partial charge in [-0.15, -0.1) is 0 Å². The minimum Gasteiger partial charge on any atom is -0.393 e. The van der Waals surface area contributed by atoms with E-state index in [1.165, 1.54) is 51.4 Å². The van der Waals surface area contributed by atoms with Crippen molar-refractivity contribution in [3.05, 3.63) is 0 Å². The first-order valence-corrected chi connectivity index (χ1v) is 7.50. The number of rotatable bonds is 0. The zero-order valence-corrected chi connectivity index (χ0v) is 11.4. The van der Waals surface area contributed by atoms with Gasteiger partial charge >= 0.3 is 0 Å². The lowest BCUT2D eigenvalue weighted by Gasteiger charge is -2.42. The molecule has 2 aliphatic rings. The van der Waals surface area contributed by atoms with Gasteiger partial charge < -0.3 is 5.11 Å². The summed E-state index contributed by atoms with van der Waals surface area (Å²) in [4.78, 5) is 0. The fraction of sp³-hybridized carbons (Fsp3) is 1.00. The Balaban J connectivity index is 1.98. The molecule has 4 atom stereocenters. The molecule has 3 heteroatoms. The summed E-state index contributed by atoms with van der Waals surface area (Å²) in [6.07, 6.45) is 11.7. The average Bonchev–Trinajstić information content (AvgIpc) is 2.30. The number of hydrogen-bond acceptors (Lipinski definition) is 2. The molecule has 2 fully saturated rings. The maximum Gasteiger partial charge on any atom is 0.0595 e. The Labute approximate surface area is 102 Å². The van der Waals surface area contributed by atoms with Crippen LogP contribution in [0.4, 0.5) is 0 Å². The van der Waals surface area contributed by atoms with Crippen molar-refractivity contribution >= 4 is 9.39 Å². The molecule has 0 spiro atoms. The molecular formula is C13H26NOP. The third-order valence-corrected chi connectivity index (χ3v) is 5.03. The Morgan fingerprint density at radius 1 is 0.875 bits per heavy atom. The van der Waals surface area contributed by atoms with E-state index in [0.717, 1.165) is 13.0 Å². The fourth-order valence-corrected chi connectivity index (χ4v) is 3.89. The second kappa shape index (κ2) is 6.33. The Morgan fingerprint density at radius 2 is 1.50 bits per heavy atom. The standard InChI is InChI=1S/C13H26NOP/c15-13-9-10-14(16)12-8-6-4-2-1-3-5-7-11(12)13/h11-13,15H,1-10,16H2. The summed E-state index contributed by atoms with van der Waals surface area (Å²) in [5.74, 6) is 0.532. The highest BCUT2D eigenvalue weighted by atomic mass is 31.0. The van der Waals surface area contributed by atoms with Crippen LogP contribution in [0.3, 0.4) is 0 Å². The molecule has 16 heavy (non-hydrogen) atoms. The lowest BCUT2D eigenvalue weighted by atomic mass is 9.81. The summed E-state index contributed by atoms with van der Waals surface area (Å²) in [7, 11) is 2.89. The van der Waals surface area contributed by atoms with E-state index < -0.39 is 0 Å². The van der Waals surface area contributed by atoms with E-state index in [1.807, 2.05) is 0 Å². The first-order valence-electron chi connectivity index (χ1n) is 6.98. The molecule has 4 unspecified atom stereocenters. The molecule has 2 rings (SSSR count). The van der Waals surface area contributed by atoms with Crippen molar-refractivity contribution < 1.29 is 5.11 Å². The van der Waals surface area contributed by atoms with Gasteiger partial charge in [-0.3, -0.25) is 4.67 Å². The van der Waals surface area contributed by atoms with Crippen molar-refractivity contribution in [3.8, 4) is 0 Å². The summed E-state index contributed by atoms with van der Waals surface area (Å²) < 4.78 is 2.42. The summed E-state index contributed by atoms with van der Waals surface area (Å²) >= 11 is 0. The van der Waals surface area contributed by atoms with Crippen LogP contribution in [0.1, 0.15) is 57.8 Å². The minimum absolute atomic E-state index is 0.0405. The first kappa shape index (κ1) is 12.8. The molecule has 0 aromatic rings. The number of hydrogen-bond donors (Lipinski definition) is 1. The van der Waals surface area contributed by atoms with E-state index in [1.54, 1.807) is 0 Å². The van der Waals surface area contributed by atoms with Crippen LogP contribution >= 0.6 is 9.39 Å². The van der Waals surface area contributed by atoms with Gasteiger partial charge in [-0.1, -0.05) is 47.9 Å². The van der Waals surface area contributed by atoms with Crippen LogP contribution in [-0.4, -0.2) is 28.5 Å². The van der Waals surface area contributed by atoms with E-state index >= 15 is 0 Å². The number of nitrogens with zero attached hydrogens (tertiary/aromatic N) is 1. The van der Waals surface area contributed by atoms with Gasteiger partial charge in [0.25, 0.3) is 0 Å². The molecule has 0 radical (unpaired) electrons. The fourth-order valence-electron chi connectivity index (χ4n) is 3.37. The molecule has 0 aromatic carbocycles. The summed E-state index contributed by atoms with van der Waals surface area (Å²) in [6, 6.07) is 0.617. The van der Waals surface area contributed by atoms with Gasteiger partial charge in [0.2, 0.25) is 0 Å². The van der Waals surface area contributed by atoms with Crippen molar-refractivity contribution in [2.75, 3.05) is 6.54 Å². The minimum atomic E-state index is -0.0405. The third-order valence-electron chi connectivity index (χ3n) is 4.38. The molecule has 1 N–H and O–H groups in total. The Hall–Kier alpha value is 0.350. The maximum atomic E-state index is 10.2. The smallest absolute Gasteiger partial charge is 0.0595 e. The van der Waals surface area contributed by atoms with E-state index in [4.69, 9.17) is 0 Å². The predicted octanol–water partition coefficient (Wildman–Crippen LogP) is 2.96. The quantitative estimate of drug-likeness (QED) is 0.661. The molecular weight excluding hydrogens is 217 g/mol. The topological polar surface area (TPSA) is 23.5 Å². The Kier molecular flexibility index (Phi) is 5.06. The number of aliphatic hydroxyl groups is 1. The number of piperidine rings is 1.